The molecule has 8 heteroatoms. The smallest absolute Gasteiger partial charge is 0.307 e. The molecule has 8 nitrogen and oxygen atoms in total. The molecule has 0 aliphatic carbocycles. The Hall–Kier alpha value is -2.61. The van der Waals surface area contributed by atoms with Crippen LogP contribution in [-0.2, 0) is 22.5 Å². The molecule has 1 aromatic heterocycles. The van der Waals surface area contributed by atoms with Gasteiger partial charge in [0.25, 0.3) is 0 Å². The highest BCUT2D eigenvalue weighted by molar-refractivity contribution is 5.70. The number of hydrogen-bond acceptors (Lipinski definition) is 8. The summed E-state index contributed by atoms with van der Waals surface area (Å²) >= 11 is 0. The van der Waals surface area contributed by atoms with Crippen LogP contribution in [0.2, 0.25) is 0 Å². The van der Waals surface area contributed by atoms with Gasteiger partial charge in [0.2, 0.25) is 11.8 Å². The van der Waals surface area contributed by atoms with E-state index in [-0.39, 0.29) is 18.4 Å². The van der Waals surface area contributed by atoms with E-state index in [0.717, 1.165) is 24.1 Å². The second-order valence-corrected chi connectivity index (χ2v) is 6.14. The molecule has 140 valence electrons. The molecule has 0 saturated carbocycles. The molecule has 1 atom stereocenters. The number of carbonyl (C=O) groups is 1. The average molecular weight is 361 g/mol. The molecule has 0 spiro atoms. The number of esters is 1. The second kappa shape index (κ2) is 7.74. The lowest BCUT2D eigenvalue weighted by molar-refractivity contribution is -0.142. The Kier molecular flexibility index (Phi) is 5.41. The topological polar surface area (TPSA) is 86.9 Å². The molecule has 1 aliphatic rings. The number of aryl methyl sites for hydroxylation is 1. The average Bonchev–Trinajstić information content (AvgIpc) is 3.06. The first kappa shape index (κ1) is 18.2. The molecule has 0 bridgehead atoms. The van der Waals surface area contributed by atoms with Crippen LogP contribution in [-0.4, -0.2) is 48.9 Å². The first-order valence-corrected chi connectivity index (χ1v) is 8.40. The summed E-state index contributed by atoms with van der Waals surface area (Å²) in [5.41, 5.74) is 2.16. The van der Waals surface area contributed by atoms with E-state index >= 15 is 0 Å². The molecule has 0 saturated heterocycles. The fourth-order valence-electron chi connectivity index (χ4n) is 3.32. The van der Waals surface area contributed by atoms with Crippen molar-refractivity contribution in [2.45, 2.75) is 32.4 Å². The summed E-state index contributed by atoms with van der Waals surface area (Å²) in [4.78, 5) is 14.2. The normalized spacial score (nSPS) is 16.8. The van der Waals surface area contributed by atoms with Crippen molar-refractivity contribution in [3.63, 3.8) is 0 Å². The van der Waals surface area contributed by atoms with Gasteiger partial charge in [-0.05, 0) is 29.7 Å². The van der Waals surface area contributed by atoms with Gasteiger partial charge in [0.15, 0.2) is 11.5 Å². The third-order valence-electron chi connectivity index (χ3n) is 4.61. The van der Waals surface area contributed by atoms with Crippen LogP contribution in [0.4, 0.5) is 0 Å². The molecular weight excluding hydrogens is 338 g/mol. The second-order valence-electron chi connectivity index (χ2n) is 6.14. The van der Waals surface area contributed by atoms with E-state index < -0.39 is 0 Å². The minimum atomic E-state index is -0.274. The van der Waals surface area contributed by atoms with Crippen molar-refractivity contribution in [2.75, 3.05) is 27.9 Å². The molecule has 26 heavy (non-hydrogen) atoms. The Morgan fingerprint density at radius 1 is 1.23 bits per heavy atom. The Bertz CT molecular complexity index is 789. The van der Waals surface area contributed by atoms with Crippen LogP contribution in [0, 0.1) is 6.92 Å². The van der Waals surface area contributed by atoms with E-state index in [1.165, 1.54) is 7.11 Å². The number of fused-ring (bicyclic) bond motifs is 1. The molecule has 0 radical (unpaired) electrons. The van der Waals surface area contributed by atoms with Crippen molar-refractivity contribution in [2.24, 2.45) is 0 Å². The van der Waals surface area contributed by atoms with Gasteiger partial charge in [0, 0.05) is 19.5 Å². The summed E-state index contributed by atoms with van der Waals surface area (Å²) in [5.74, 6) is 2.10. The number of nitrogens with zero attached hydrogens (tertiary/aromatic N) is 3. The van der Waals surface area contributed by atoms with Gasteiger partial charge >= 0.3 is 5.97 Å². The maximum Gasteiger partial charge on any atom is 0.307 e. The summed E-state index contributed by atoms with van der Waals surface area (Å²) in [6.45, 7) is 2.98. The molecule has 2 aromatic rings. The number of benzene rings is 1. The van der Waals surface area contributed by atoms with E-state index in [4.69, 9.17) is 18.6 Å². The maximum absolute atomic E-state index is 12.0. The summed E-state index contributed by atoms with van der Waals surface area (Å²) in [5, 5.41) is 7.95. The number of aromatic nitrogens is 2. The predicted molar refractivity (Wildman–Crippen MR) is 92.1 cm³/mol. The highest BCUT2D eigenvalue weighted by Gasteiger charge is 2.32. The van der Waals surface area contributed by atoms with Gasteiger partial charge in [0.1, 0.15) is 0 Å². The zero-order chi connectivity index (χ0) is 18.7. The summed E-state index contributed by atoms with van der Waals surface area (Å²) in [6.07, 6.45) is 1.05. The third kappa shape index (κ3) is 3.65. The van der Waals surface area contributed by atoms with Crippen LogP contribution < -0.4 is 9.47 Å². The fourth-order valence-corrected chi connectivity index (χ4v) is 3.32. The van der Waals surface area contributed by atoms with Crippen LogP contribution in [0.5, 0.6) is 11.5 Å². The fraction of sp³-hybridized carbons (Fsp3) is 0.500. The zero-order valence-electron chi connectivity index (χ0n) is 15.4. The molecule has 1 aliphatic heterocycles. The Balaban J connectivity index is 1.96. The lowest BCUT2D eigenvalue weighted by atomic mass is 9.90. The molecule has 0 fully saturated rings. The molecule has 3 rings (SSSR count). The quantitative estimate of drug-likeness (QED) is 0.723. The van der Waals surface area contributed by atoms with Crippen molar-refractivity contribution < 1.29 is 23.4 Å². The van der Waals surface area contributed by atoms with Gasteiger partial charge in [-0.25, -0.2) is 0 Å². The number of ether oxygens (including phenoxy) is 3. The van der Waals surface area contributed by atoms with Crippen molar-refractivity contribution in [1.29, 1.82) is 0 Å². The van der Waals surface area contributed by atoms with Gasteiger partial charge in [-0.3, -0.25) is 9.69 Å². The maximum atomic E-state index is 12.0. The highest BCUT2D eigenvalue weighted by Crippen LogP contribution is 2.40. The van der Waals surface area contributed by atoms with E-state index in [0.29, 0.717) is 29.8 Å². The van der Waals surface area contributed by atoms with Gasteiger partial charge < -0.3 is 18.6 Å². The van der Waals surface area contributed by atoms with Crippen molar-refractivity contribution in [3.05, 3.63) is 35.0 Å². The Morgan fingerprint density at radius 3 is 2.58 bits per heavy atom. The first-order chi connectivity index (χ1) is 12.5. The first-order valence-electron chi connectivity index (χ1n) is 8.40. The standard InChI is InChI=1S/C18H23N3O5/c1-11-19-20-17(26-11)10-21-6-5-12-7-15(23-2)16(24-3)8-13(12)14(21)9-18(22)25-4/h7-8,14H,5-6,9-10H2,1-4H3. The molecule has 1 aromatic carbocycles. The van der Waals surface area contributed by atoms with Crippen molar-refractivity contribution in [1.82, 2.24) is 15.1 Å². The summed E-state index contributed by atoms with van der Waals surface area (Å²) in [6, 6.07) is 3.75. The minimum Gasteiger partial charge on any atom is -0.493 e. The van der Waals surface area contributed by atoms with Crippen LogP contribution in [0.25, 0.3) is 0 Å². The monoisotopic (exact) mass is 361 g/mol. The van der Waals surface area contributed by atoms with Gasteiger partial charge in [-0.2, -0.15) is 0 Å². The number of carbonyl (C=O) groups excluding carboxylic acids is 1. The SMILES string of the molecule is COC(=O)CC1c2cc(OC)c(OC)cc2CCN1Cc1nnc(C)o1. The minimum absolute atomic E-state index is 0.168. The molecule has 2 heterocycles. The molecule has 0 N–H and O–H groups in total. The number of rotatable bonds is 6. The van der Waals surface area contributed by atoms with Gasteiger partial charge in [-0.15, -0.1) is 10.2 Å². The van der Waals surface area contributed by atoms with Crippen LogP contribution in [0.1, 0.15) is 35.4 Å². The zero-order valence-corrected chi connectivity index (χ0v) is 15.4. The molecule has 0 amide bonds. The van der Waals surface area contributed by atoms with E-state index in [1.54, 1.807) is 21.1 Å². The van der Waals surface area contributed by atoms with Crippen LogP contribution in [0.3, 0.4) is 0 Å². The molecular formula is C18H23N3O5. The summed E-state index contributed by atoms with van der Waals surface area (Å²) in [7, 11) is 4.61. The van der Waals surface area contributed by atoms with E-state index in [9.17, 15) is 4.79 Å². The van der Waals surface area contributed by atoms with Crippen molar-refractivity contribution >= 4 is 5.97 Å². The number of hydrogen-bond donors (Lipinski definition) is 0. The van der Waals surface area contributed by atoms with Gasteiger partial charge in [0.05, 0.1) is 34.3 Å². The lowest BCUT2D eigenvalue weighted by Gasteiger charge is -2.36. The highest BCUT2D eigenvalue weighted by atomic mass is 16.5. The predicted octanol–water partition coefficient (Wildman–Crippen LogP) is 2.06. The van der Waals surface area contributed by atoms with Gasteiger partial charge in [-0.1, -0.05) is 0 Å². The van der Waals surface area contributed by atoms with E-state index in [2.05, 4.69) is 15.1 Å². The van der Waals surface area contributed by atoms with E-state index in [1.807, 2.05) is 12.1 Å². The van der Waals surface area contributed by atoms with Crippen LogP contribution in [0.15, 0.2) is 16.5 Å². The molecule has 1 unspecified atom stereocenters. The van der Waals surface area contributed by atoms with Crippen LogP contribution >= 0.6 is 0 Å². The summed E-state index contributed by atoms with van der Waals surface area (Å²) < 4.78 is 21.2. The number of methoxy groups -OCH3 is 3. The Morgan fingerprint density at radius 2 is 1.96 bits per heavy atom. The van der Waals surface area contributed by atoms with Crippen molar-refractivity contribution in [3.8, 4) is 11.5 Å². The largest absolute Gasteiger partial charge is 0.493 e. The third-order valence-corrected chi connectivity index (χ3v) is 4.61. The Labute approximate surface area is 152 Å². The lowest BCUT2D eigenvalue weighted by Crippen LogP contribution is -2.36.